The van der Waals surface area contributed by atoms with E-state index in [9.17, 15) is 10.6 Å². The molecule has 9 heteroatoms. The Morgan fingerprint density at radius 2 is 1.67 bits per heavy atom. The number of unbranched alkanes of at least 4 members (excludes halogenated alkanes) is 1. The van der Waals surface area contributed by atoms with Gasteiger partial charge in [0.15, 0.2) is 0 Å². The molecule has 3 rings (SSSR count). The van der Waals surface area contributed by atoms with Crippen LogP contribution in [0.25, 0.3) is 10.4 Å². The van der Waals surface area contributed by atoms with Crippen LogP contribution >= 0.6 is 11.8 Å². The summed E-state index contributed by atoms with van der Waals surface area (Å²) in [5.74, 6) is 0. The van der Waals surface area contributed by atoms with Gasteiger partial charge >= 0.3 is 0 Å². The molecule has 2 aromatic carbocycles. The van der Waals surface area contributed by atoms with Crippen LogP contribution in [0.3, 0.4) is 0 Å². The predicted molar refractivity (Wildman–Crippen MR) is 149 cm³/mol. The van der Waals surface area contributed by atoms with Crippen LogP contribution < -0.4 is 10.4 Å². The molecule has 1 fully saturated rings. The normalized spacial score (nSPS) is 24.8. The lowest BCUT2D eigenvalue weighted by Crippen LogP contribution is -2.68. The van der Waals surface area contributed by atoms with Crippen molar-refractivity contribution in [1.29, 1.82) is 0 Å². The first-order valence-electron chi connectivity index (χ1n) is 12.6. The lowest BCUT2D eigenvalue weighted by molar-refractivity contribution is -0.173. The highest BCUT2D eigenvalue weighted by atomic mass is 32.2. The van der Waals surface area contributed by atoms with Crippen LogP contribution in [0.4, 0.5) is 0 Å². The SMILES string of the molecule is CCCCO[C@@H]1C(N=[N+]=[N-])[C@H](O)C(CO[Si](c2ccccc2)(c2ccccc2)C(C)(C)C)O[C@H]1SC. The highest BCUT2D eigenvalue weighted by Gasteiger charge is 2.52. The van der Waals surface area contributed by atoms with E-state index in [1.807, 2.05) is 42.7 Å². The smallest absolute Gasteiger partial charge is 0.261 e. The summed E-state index contributed by atoms with van der Waals surface area (Å²) in [5.41, 5.74) is 8.87. The van der Waals surface area contributed by atoms with Crippen molar-refractivity contribution in [2.24, 2.45) is 5.11 Å². The largest absolute Gasteiger partial charge is 0.405 e. The average Bonchev–Trinajstić information content (AvgIpc) is 2.88. The Morgan fingerprint density at radius 3 is 2.14 bits per heavy atom. The van der Waals surface area contributed by atoms with Crippen molar-refractivity contribution in [2.75, 3.05) is 19.5 Å². The standard InChI is InChI=1S/C27H39N3O4SSi/c1-6-7-18-32-25-23(29-30-28)24(31)22(34-26(25)35-5)19-33-36(27(2,3)4,20-14-10-8-11-15-20)21-16-12-9-13-17-21/h8-17,22-26,31H,6-7,18-19H2,1-5H3/t22?,23?,24-,25-,26+/m1/s1. The van der Waals surface area contributed by atoms with Crippen LogP contribution in [-0.2, 0) is 13.9 Å². The number of aliphatic hydroxyl groups is 1. The number of hydrogen-bond acceptors (Lipinski definition) is 6. The van der Waals surface area contributed by atoms with Gasteiger partial charge in [0.05, 0.1) is 18.8 Å². The fraction of sp³-hybridized carbons (Fsp3) is 0.556. The van der Waals surface area contributed by atoms with Gasteiger partial charge in [0.2, 0.25) is 0 Å². The van der Waals surface area contributed by atoms with Crippen LogP contribution in [0.5, 0.6) is 0 Å². The van der Waals surface area contributed by atoms with Gasteiger partial charge in [0, 0.05) is 11.5 Å². The van der Waals surface area contributed by atoms with Gasteiger partial charge in [-0.05, 0) is 33.6 Å². The van der Waals surface area contributed by atoms with E-state index in [0.29, 0.717) is 6.61 Å². The molecule has 0 radical (unpaired) electrons. The third-order valence-corrected chi connectivity index (χ3v) is 12.6. The molecule has 196 valence electrons. The minimum atomic E-state index is -2.81. The zero-order valence-corrected chi connectivity index (χ0v) is 23.7. The fourth-order valence-electron chi connectivity index (χ4n) is 4.94. The number of aliphatic hydroxyl groups excluding tert-OH is 1. The molecular formula is C27H39N3O4SSi. The first kappa shape index (κ1) is 28.7. The van der Waals surface area contributed by atoms with Gasteiger partial charge in [0.25, 0.3) is 8.32 Å². The minimum absolute atomic E-state index is 0.171. The molecule has 1 N–H and O–H groups in total. The van der Waals surface area contributed by atoms with Crippen LogP contribution in [0.2, 0.25) is 5.04 Å². The first-order chi connectivity index (χ1) is 17.3. The Morgan fingerprint density at radius 1 is 1.08 bits per heavy atom. The first-order valence-corrected chi connectivity index (χ1v) is 15.8. The molecule has 0 saturated carbocycles. The maximum absolute atomic E-state index is 11.3. The highest BCUT2D eigenvalue weighted by molar-refractivity contribution is 7.99. The molecule has 1 aliphatic rings. The predicted octanol–water partition coefficient (Wildman–Crippen LogP) is 4.88. The quantitative estimate of drug-likeness (QED) is 0.147. The molecule has 2 unspecified atom stereocenters. The Bertz CT molecular complexity index is 946. The minimum Gasteiger partial charge on any atom is -0.405 e. The van der Waals surface area contributed by atoms with E-state index in [1.54, 1.807) is 0 Å². The van der Waals surface area contributed by atoms with Gasteiger partial charge in [-0.2, -0.15) is 0 Å². The maximum Gasteiger partial charge on any atom is 0.261 e. The van der Waals surface area contributed by atoms with Crippen LogP contribution in [0.15, 0.2) is 65.8 Å². The van der Waals surface area contributed by atoms with Crippen molar-refractivity contribution in [3.05, 3.63) is 71.1 Å². The molecule has 5 atom stereocenters. The van der Waals surface area contributed by atoms with E-state index in [2.05, 4.69) is 62.0 Å². The topological polar surface area (TPSA) is 96.7 Å². The second-order valence-electron chi connectivity index (χ2n) is 10.1. The lowest BCUT2D eigenvalue weighted by Gasteiger charge is -2.46. The van der Waals surface area contributed by atoms with E-state index in [-0.39, 0.29) is 17.1 Å². The van der Waals surface area contributed by atoms with E-state index < -0.39 is 32.7 Å². The van der Waals surface area contributed by atoms with Crippen molar-refractivity contribution in [3.63, 3.8) is 0 Å². The van der Waals surface area contributed by atoms with Gasteiger partial charge in [0.1, 0.15) is 17.6 Å². The highest BCUT2D eigenvalue weighted by Crippen LogP contribution is 2.38. The second kappa shape index (κ2) is 13.1. The molecule has 36 heavy (non-hydrogen) atoms. The van der Waals surface area contributed by atoms with Gasteiger partial charge < -0.3 is 19.0 Å². The van der Waals surface area contributed by atoms with Crippen molar-refractivity contribution in [1.82, 2.24) is 0 Å². The third kappa shape index (κ3) is 6.17. The molecule has 1 heterocycles. The van der Waals surface area contributed by atoms with Gasteiger partial charge in [-0.25, -0.2) is 0 Å². The number of benzene rings is 2. The Hall–Kier alpha value is -1.84. The number of azide groups is 1. The summed E-state index contributed by atoms with van der Waals surface area (Å²) in [6.45, 7) is 9.41. The van der Waals surface area contributed by atoms with Crippen molar-refractivity contribution < 1.29 is 19.0 Å². The molecule has 1 aliphatic heterocycles. The van der Waals surface area contributed by atoms with Crippen LogP contribution in [0, 0.1) is 0 Å². The number of nitrogens with zero attached hydrogens (tertiary/aromatic N) is 3. The van der Waals surface area contributed by atoms with E-state index >= 15 is 0 Å². The lowest BCUT2D eigenvalue weighted by atomic mass is 9.98. The molecule has 0 spiro atoms. The zero-order valence-electron chi connectivity index (χ0n) is 21.9. The summed E-state index contributed by atoms with van der Waals surface area (Å²) in [6, 6.07) is 20.0. The molecule has 0 aliphatic carbocycles. The molecule has 0 bridgehead atoms. The number of thioether (sulfide) groups is 1. The Kier molecular flexibility index (Phi) is 10.5. The number of hydrogen-bond donors (Lipinski definition) is 1. The summed E-state index contributed by atoms with van der Waals surface area (Å²) < 4.78 is 19.4. The second-order valence-corrected chi connectivity index (χ2v) is 15.4. The zero-order chi connectivity index (χ0) is 26.2. The summed E-state index contributed by atoms with van der Waals surface area (Å²) in [7, 11) is -2.81. The number of ether oxygens (including phenoxy) is 2. The Labute approximate surface area is 220 Å². The third-order valence-electron chi connectivity index (χ3n) is 6.75. The molecule has 1 saturated heterocycles. The van der Waals surface area contributed by atoms with E-state index in [0.717, 1.165) is 23.2 Å². The Balaban J connectivity index is 1.96. The summed E-state index contributed by atoms with van der Waals surface area (Å²) >= 11 is 1.49. The summed E-state index contributed by atoms with van der Waals surface area (Å²) in [5, 5.41) is 17.4. The fourth-order valence-corrected chi connectivity index (χ4v) is 10.3. The van der Waals surface area contributed by atoms with E-state index in [1.165, 1.54) is 11.8 Å². The molecular weight excluding hydrogens is 490 g/mol. The molecule has 0 amide bonds. The number of rotatable bonds is 11. The molecule has 2 aromatic rings. The average molecular weight is 530 g/mol. The van der Waals surface area contributed by atoms with Gasteiger partial charge in [-0.1, -0.05) is 99.9 Å². The summed E-state index contributed by atoms with van der Waals surface area (Å²) in [4.78, 5) is 3.02. The van der Waals surface area contributed by atoms with E-state index in [4.69, 9.17) is 13.9 Å². The van der Waals surface area contributed by atoms with Crippen molar-refractivity contribution in [2.45, 2.75) is 75.4 Å². The maximum atomic E-state index is 11.3. The molecule has 0 aromatic heterocycles. The van der Waals surface area contributed by atoms with Gasteiger partial charge in [-0.15, -0.1) is 11.8 Å². The molecule has 7 nitrogen and oxygen atoms in total. The van der Waals surface area contributed by atoms with Crippen molar-refractivity contribution in [3.8, 4) is 0 Å². The van der Waals surface area contributed by atoms with Crippen LogP contribution in [0.1, 0.15) is 40.5 Å². The monoisotopic (exact) mass is 529 g/mol. The van der Waals surface area contributed by atoms with Crippen LogP contribution in [-0.4, -0.2) is 62.7 Å². The van der Waals surface area contributed by atoms with Crippen molar-refractivity contribution >= 4 is 30.5 Å². The van der Waals surface area contributed by atoms with Gasteiger partial charge in [-0.3, -0.25) is 0 Å². The summed E-state index contributed by atoms with van der Waals surface area (Å²) in [6.07, 6.45) is 1.57.